The van der Waals surface area contributed by atoms with Crippen LogP contribution in [-0.4, -0.2) is 29.3 Å². The average molecular weight is 197 g/mol. The summed E-state index contributed by atoms with van der Waals surface area (Å²) in [6, 6.07) is 1.13. The Bertz CT molecular complexity index is 200. The van der Waals surface area contributed by atoms with Crippen LogP contribution in [0.3, 0.4) is 0 Å². The molecule has 2 atom stereocenters. The smallest absolute Gasteiger partial charge is 0.131 e. The van der Waals surface area contributed by atoms with Crippen molar-refractivity contribution < 1.29 is 4.79 Å². The molecule has 1 heterocycles. The first-order valence-electron chi connectivity index (χ1n) is 5.77. The Labute approximate surface area is 87.7 Å². The summed E-state index contributed by atoms with van der Waals surface area (Å²) >= 11 is 0. The van der Waals surface area contributed by atoms with Crippen molar-refractivity contribution in [1.82, 2.24) is 4.90 Å². The van der Waals surface area contributed by atoms with Crippen LogP contribution in [0.15, 0.2) is 0 Å². The first-order chi connectivity index (χ1) is 6.52. The summed E-state index contributed by atoms with van der Waals surface area (Å²) in [5.74, 6) is 1.03. The summed E-state index contributed by atoms with van der Waals surface area (Å²) < 4.78 is 0. The highest BCUT2D eigenvalue weighted by atomic mass is 16.1. The van der Waals surface area contributed by atoms with Crippen molar-refractivity contribution in [2.45, 2.75) is 59.0 Å². The van der Waals surface area contributed by atoms with E-state index < -0.39 is 0 Å². The third-order valence-corrected chi connectivity index (χ3v) is 3.26. The fourth-order valence-corrected chi connectivity index (χ4v) is 2.61. The van der Waals surface area contributed by atoms with Crippen molar-refractivity contribution in [3.63, 3.8) is 0 Å². The zero-order valence-electron chi connectivity index (χ0n) is 9.92. The fourth-order valence-electron chi connectivity index (χ4n) is 2.61. The molecule has 1 aliphatic heterocycles. The summed E-state index contributed by atoms with van der Waals surface area (Å²) in [6.07, 6.45) is 3.31. The standard InChI is InChI=1S/C12H23NO/c1-9(2)12-6-5-7-13(12)10(3)8-11(4)14/h9-10,12H,5-8H2,1-4H3. The number of nitrogens with zero attached hydrogens (tertiary/aromatic N) is 1. The Balaban J connectivity index is 2.53. The van der Waals surface area contributed by atoms with E-state index in [9.17, 15) is 4.79 Å². The van der Waals surface area contributed by atoms with Crippen molar-refractivity contribution in [3.8, 4) is 0 Å². The second-order valence-electron chi connectivity index (χ2n) is 4.95. The van der Waals surface area contributed by atoms with Crippen molar-refractivity contribution in [2.75, 3.05) is 6.54 Å². The summed E-state index contributed by atoms with van der Waals surface area (Å²) in [7, 11) is 0. The Hall–Kier alpha value is -0.370. The van der Waals surface area contributed by atoms with Crippen LogP contribution < -0.4 is 0 Å². The molecule has 0 aromatic rings. The molecule has 2 nitrogen and oxygen atoms in total. The average Bonchev–Trinajstić information content (AvgIpc) is 2.49. The zero-order valence-corrected chi connectivity index (χ0v) is 9.92. The van der Waals surface area contributed by atoms with Gasteiger partial charge in [-0.15, -0.1) is 0 Å². The maximum Gasteiger partial charge on any atom is 0.131 e. The molecule has 1 fully saturated rings. The van der Waals surface area contributed by atoms with Gasteiger partial charge in [0, 0.05) is 18.5 Å². The maximum atomic E-state index is 11.1. The van der Waals surface area contributed by atoms with Gasteiger partial charge in [-0.3, -0.25) is 9.69 Å². The summed E-state index contributed by atoms with van der Waals surface area (Å²) in [6.45, 7) is 9.61. The zero-order chi connectivity index (χ0) is 10.7. The first-order valence-corrected chi connectivity index (χ1v) is 5.77. The highest BCUT2D eigenvalue weighted by Crippen LogP contribution is 2.26. The van der Waals surface area contributed by atoms with Crippen LogP contribution in [0.1, 0.15) is 47.0 Å². The highest BCUT2D eigenvalue weighted by molar-refractivity contribution is 5.76. The molecule has 0 aliphatic carbocycles. The van der Waals surface area contributed by atoms with Gasteiger partial charge in [0.2, 0.25) is 0 Å². The lowest BCUT2D eigenvalue weighted by Crippen LogP contribution is -2.40. The molecule has 1 aliphatic rings. The molecule has 2 heteroatoms. The van der Waals surface area contributed by atoms with Crippen molar-refractivity contribution in [1.29, 1.82) is 0 Å². The molecular weight excluding hydrogens is 174 g/mol. The van der Waals surface area contributed by atoms with Gasteiger partial charge >= 0.3 is 0 Å². The largest absolute Gasteiger partial charge is 0.300 e. The normalized spacial score (nSPS) is 25.6. The molecule has 0 aromatic carbocycles. The quantitative estimate of drug-likeness (QED) is 0.690. The summed E-state index contributed by atoms with van der Waals surface area (Å²) in [4.78, 5) is 13.6. The van der Waals surface area contributed by atoms with Crippen LogP contribution in [0.5, 0.6) is 0 Å². The number of hydrogen-bond acceptors (Lipinski definition) is 2. The van der Waals surface area contributed by atoms with Gasteiger partial charge in [0.25, 0.3) is 0 Å². The molecule has 14 heavy (non-hydrogen) atoms. The third-order valence-electron chi connectivity index (χ3n) is 3.26. The van der Waals surface area contributed by atoms with Gasteiger partial charge in [0.05, 0.1) is 0 Å². The number of carbonyl (C=O) groups excluding carboxylic acids is 1. The van der Waals surface area contributed by atoms with E-state index in [-0.39, 0.29) is 0 Å². The Morgan fingerprint density at radius 1 is 1.43 bits per heavy atom. The second kappa shape index (κ2) is 4.92. The van der Waals surface area contributed by atoms with Gasteiger partial charge in [0.1, 0.15) is 5.78 Å². The Morgan fingerprint density at radius 3 is 2.57 bits per heavy atom. The molecule has 2 unspecified atom stereocenters. The van der Waals surface area contributed by atoms with Gasteiger partial charge in [0.15, 0.2) is 0 Å². The van der Waals surface area contributed by atoms with Crippen LogP contribution in [0.25, 0.3) is 0 Å². The van der Waals surface area contributed by atoms with E-state index in [0.717, 1.165) is 0 Å². The van der Waals surface area contributed by atoms with Crippen LogP contribution in [-0.2, 0) is 4.79 Å². The fraction of sp³-hybridized carbons (Fsp3) is 0.917. The second-order valence-corrected chi connectivity index (χ2v) is 4.95. The lowest BCUT2D eigenvalue weighted by molar-refractivity contribution is -0.118. The number of likely N-dealkylation sites (tertiary alicyclic amines) is 1. The Kier molecular flexibility index (Phi) is 4.11. The summed E-state index contributed by atoms with van der Waals surface area (Å²) in [5.41, 5.74) is 0. The molecule has 0 N–H and O–H groups in total. The molecule has 0 amide bonds. The molecule has 1 rings (SSSR count). The predicted molar refractivity (Wildman–Crippen MR) is 59.3 cm³/mol. The van der Waals surface area contributed by atoms with E-state index in [1.807, 2.05) is 0 Å². The minimum atomic E-state index is 0.312. The number of hydrogen-bond donors (Lipinski definition) is 0. The molecule has 0 saturated carbocycles. The van der Waals surface area contributed by atoms with Gasteiger partial charge < -0.3 is 0 Å². The van der Waals surface area contributed by atoms with Crippen molar-refractivity contribution in [2.24, 2.45) is 5.92 Å². The van der Waals surface area contributed by atoms with Gasteiger partial charge in [-0.25, -0.2) is 0 Å². The van der Waals surface area contributed by atoms with Crippen LogP contribution in [0.4, 0.5) is 0 Å². The number of carbonyl (C=O) groups is 1. The Morgan fingerprint density at radius 2 is 2.07 bits per heavy atom. The van der Waals surface area contributed by atoms with E-state index in [0.29, 0.717) is 30.2 Å². The molecule has 0 radical (unpaired) electrons. The van der Waals surface area contributed by atoms with Crippen LogP contribution in [0, 0.1) is 5.92 Å². The highest BCUT2D eigenvalue weighted by Gasteiger charge is 2.30. The lowest BCUT2D eigenvalue weighted by Gasteiger charge is -2.32. The minimum Gasteiger partial charge on any atom is -0.300 e. The topological polar surface area (TPSA) is 20.3 Å². The number of ketones is 1. The summed E-state index contributed by atoms with van der Waals surface area (Å²) in [5, 5.41) is 0. The van der Waals surface area contributed by atoms with E-state index in [1.54, 1.807) is 6.92 Å². The SMILES string of the molecule is CC(=O)CC(C)N1CCCC1C(C)C. The van der Waals surface area contributed by atoms with E-state index in [2.05, 4.69) is 25.7 Å². The molecule has 1 saturated heterocycles. The van der Waals surface area contributed by atoms with E-state index in [1.165, 1.54) is 19.4 Å². The maximum absolute atomic E-state index is 11.1. The minimum absolute atomic E-state index is 0.312. The molecular formula is C12H23NO. The monoisotopic (exact) mass is 197 g/mol. The van der Waals surface area contributed by atoms with Gasteiger partial charge in [-0.2, -0.15) is 0 Å². The predicted octanol–water partition coefficient (Wildman–Crippen LogP) is 2.47. The first kappa shape index (κ1) is 11.7. The van der Waals surface area contributed by atoms with E-state index in [4.69, 9.17) is 0 Å². The van der Waals surface area contributed by atoms with Crippen LogP contribution in [0.2, 0.25) is 0 Å². The van der Waals surface area contributed by atoms with E-state index >= 15 is 0 Å². The van der Waals surface area contributed by atoms with Crippen LogP contribution >= 0.6 is 0 Å². The molecule has 0 spiro atoms. The van der Waals surface area contributed by atoms with Crippen molar-refractivity contribution >= 4 is 5.78 Å². The molecule has 0 aromatic heterocycles. The third kappa shape index (κ3) is 2.81. The van der Waals surface area contributed by atoms with Gasteiger partial charge in [-0.1, -0.05) is 13.8 Å². The lowest BCUT2D eigenvalue weighted by atomic mass is 10.00. The van der Waals surface area contributed by atoms with Crippen molar-refractivity contribution in [3.05, 3.63) is 0 Å². The molecule has 82 valence electrons. The van der Waals surface area contributed by atoms with Gasteiger partial charge in [-0.05, 0) is 39.2 Å². The number of rotatable bonds is 4. The number of Topliss-reactive ketones (excluding diaryl/α,β-unsaturated/α-hetero) is 1. The molecule has 0 bridgehead atoms.